The minimum Gasteiger partial charge on any atom is -0.438 e. The molecule has 2 heterocycles. The Morgan fingerprint density at radius 1 is 0.976 bits per heavy atom. The number of aryl methyl sites for hydroxylation is 1. The van der Waals surface area contributed by atoms with Crippen LogP contribution in [0.1, 0.15) is 38.8 Å². The number of aromatic nitrogens is 1. The Labute approximate surface area is 237 Å². The molecular weight excluding hydrogens is 523 g/mol. The summed E-state index contributed by atoms with van der Waals surface area (Å²) in [7, 11) is 0. The second-order valence-electron chi connectivity index (χ2n) is 9.81. The van der Waals surface area contributed by atoms with Crippen LogP contribution in [0.4, 0.5) is 14.9 Å². The lowest BCUT2D eigenvalue weighted by molar-refractivity contribution is -0.126. The van der Waals surface area contributed by atoms with Crippen molar-refractivity contribution in [3.8, 4) is 0 Å². The van der Waals surface area contributed by atoms with Gasteiger partial charge in [-0.3, -0.25) is 19.5 Å². The second kappa shape index (κ2) is 12.4. The summed E-state index contributed by atoms with van der Waals surface area (Å²) in [5.74, 6) is -1.08. The van der Waals surface area contributed by atoms with Crippen molar-refractivity contribution in [2.45, 2.75) is 32.0 Å². The predicted molar refractivity (Wildman–Crippen MR) is 151 cm³/mol. The normalized spacial score (nSPS) is 16.2. The highest BCUT2D eigenvalue weighted by Crippen LogP contribution is 2.35. The number of amides is 3. The van der Waals surface area contributed by atoms with Crippen LogP contribution in [0.25, 0.3) is 0 Å². The van der Waals surface area contributed by atoms with Crippen molar-refractivity contribution in [1.82, 2.24) is 15.2 Å². The van der Waals surface area contributed by atoms with Crippen molar-refractivity contribution >= 4 is 23.6 Å². The Balaban J connectivity index is 1.37. The number of benzene rings is 3. The molecule has 5 rings (SSSR count). The Bertz CT molecular complexity index is 1530. The number of nitrogens with zero attached hydrogens (tertiary/aromatic N) is 2. The average Bonchev–Trinajstić information content (AvgIpc) is 3.31. The minimum absolute atomic E-state index is 0.0534. The highest BCUT2D eigenvalue weighted by molar-refractivity contribution is 6.04. The number of anilines is 1. The number of pyridine rings is 1. The van der Waals surface area contributed by atoms with Crippen LogP contribution in [0.2, 0.25) is 0 Å². The fourth-order valence-corrected chi connectivity index (χ4v) is 4.66. The summed E-state index contributed by atoms with van der Waals surface area (Å²) in [5.41, 5.74) is 4.06. The number of halogens is 1. The molecule has 1 aliphatic heterocycles. The molecule has 9 heteroatoms. The minimum atomic E-state index is -1.00. The number of hydrogen-bond donors (Lipinski definition) is 2. The van der Waals surface area contributed by atoms with Crippen molar-refractivity contribution in [1.29, 1.82) is 0 Å². The number of carbonyl (C=O) groups excluding carboxylic acids is 3. The zero-order valence-corrected chi connectivity index (χ0v) is 22.4. The van der Waals surface area contributed by atoms with Crippen LogP contribution in [0.3, 0.4) is 0 Å². The standard InChI is InChI=1S/C32H29FN4O4/c1-21-8-12-23(13-9-21)30(38)36-27-7-4-5-24(19-27)29-28(31(39)35-18-16-26-6-2-3-17-34-26)37(32(40)41-29)20-22-10-14-25(33)15-11-22/h2-15,17,19,28-29H,16,18,20H2,1H3,(H,35,39)(H,36,38). The summed E-state index contributed by atoms with van der Waals surface area (Å²) in [6, 6.07) is 24.4. The molecule has 3 amide bonds. The van der Waals surface area contributed by atoms with Gasteiger partial charge in [-0.1, -0.05) is 48.0 Å². The van der Waals surface area contributed by atoms with E-state index in [4.69, 9.17) is 4.74 Å². The zero-order valence-electron chi connectivity index (χ0n) is 22.4. The van der Waals surface area contributed by atoms with Crippen molar-refractivity contribution in [2.75, 3.05) is 11.9 Å². The molecular formula is C32H29FN4O4. The van der Waals surface area contributed by atoms with Gasteiger partial charge in [0.25, 0.3) is 5.91 Å². The van der Waals surface area contributed by atoms with Crippen molar-refractivity contribution in [3.05, 3.63) is 131 Å². The molecule has 2 unspecified atom stereocenters. The molecule has 1 aromatic heterocycles. The molecule has 41 heavy (non-hydrogen) atoms. The molecule has 3 aromatic carbocycles. The Hall–Kier alpha value is -5.05. The van der Waals surface area contributed by atoms with Gasteiger partial charge in [-0.25, -0.2) is 9.18 Å². The summed E-state index contributed by atoms with van der Waals surface area (Å²) in [4.78, 5) is 45.1. The van der Waals surface area contributed by atoms with E-state index in [0.29, 0.717) is 35.3 Å². The fourth-order valence-electron chi connectivity index (χ4n) is 4.66. The van der Waals surface area contributed by atoms with Crippen LogP contribution in [0, 0.1) is 12.7 Å². The highest BCUT2D eigenvalue weighted by Gasteiger charge is 2.47. The number of hydrogen-bond acceptors (Lipinski definition) is 5. The Morgan fingerprint density at radius 3 is 2.49 bits per heavy atom. The zero-order chi connectivity index (χ0) is 28.8. The van der Waals surface area contributed by atoms with Crippen LogP contribution < -0.4 is 10.6 Å². The first-order chi connectivity index (χ1) is 19.9. The van der Waals surface area contributed by atoms with E-state index in [1.807, 2.05) is 37.3 Å². The van der Waals surface area contributed by atoms with Gasteiger partial charge in [0, 0.05) is 36.1 Å². The number of carbonyl (C=O) groups is 3. The van der Waals surface area contributed by atoms with E-state index in [1.54, 1.807) is 54.7 Å². The largest absolute Gasteiger partial charge is 0.438 e. The summed E-state index contributed by atoms with van der Waals surface area (Å²) < 4.78 is 19.2. The molecule has 0 radical (unpaired) electrons. The summed E-state index contributed by atoms with van der Waals surface area (Å²) in [5, 5.41) is 5.78. The number of nitrogens with one attached hydrogen (secondary N) is 2. The van der Waals surface area contributed by atoms with Gasteiger partial charge in [-0.15, -0.1) is 0 Å². The molecule has 1 fully saturated rings. The monoisotopic (exact) mass is 552 g/mol. The maximum absolute atomic E-state index is 13.6. The summed E-state index contributed by atoms with van der Waals surface area (Å²) in [6.07, 6.45) is 0.593. The summed E-state index contributed by atoms with van der Waals surface area (Å²) in [6.45, 7) is 2.31. The molecule has 0 saturated carbocycles. The maximum atomic E-state index is 13.6. The fraction of sp³-hybridized carbons (Fsp3) is 0.188. The smallest absolute Gasteiger partial charge is 0.411 e. The van der Waals surface area contributed by atoms with Gasteiger partial charge in [0.1, 0.15) is 5.82 Å². The van der Waals surface area contributed by atoms with Gasteiger partial charge in [0.2, 0.25) is 5.91 Å². The van der Waals surface area contributed by atoms with Gasteiger partial charge >= 0.3 is 6.09 Å². The molecule has 2 atom stereocenters. The average molecular weight is 553 g/mol. The molecule has 2 N–H and O–H groups in total. The first-order valence-corrected chi connectivity index (χ1v) is 13.2. The van der Waals surface area contributed by atoms with Gasteiger partial charge in [-0.05, 0) is 66.6 Å². The molecule has 4 aromatic rings. The first kappa shape index (κ1) is 27.5. The second-order valence-corrected chi connectivity index (χ2v) is 9.81. The van der Waals surface area contributed by atoms with Crippen LogP contribution in [-0.2, 0) is 22.5 Å². The molecule has 208 valence electrons. The van der Waals surface area contributed by atoms with Gasteiger partial charge in [-0.2, -0.15) is 0 Å². The lowest BCUT2D eigenvalue weighted by atomic mass is 10.00. The maximum Gasteiger partial charge on any atom is 0.411 e. The third kappa shape index (κ3) is 6.75. The molecule has 0 spiro atoms. The van der Waals surface area contributed by atoms with Crippen LogP contribution >= 0.6 is 0 Å². The van der Waals surface area contributed by atoms with E-state index in [-0.39, 0.29) is 12.5 Å². The topological polar surface area (TPSA) is 101 Å². The van der Waals surface area contributed by atoms with E-state index >= 15 is 0 Å². The SMILES string of the molecule is Cc1ccc(C(=O)Nc2cccc(C3OC(=O)N(Cc4ccc(F)cc4)C3C(=O)NCCc3ccccn3)c2)cc1. The number of rotatable bonds is 9. The van der Waals surface area contributed by atoms with E-state index < -0.39 is 30.0 Å². The molecule has 0 bridgehead atoms. The third-order valence-electron chi connectivity index (χ3n) is 6.81. The van der Waals surface area contributed by atoms with E-state index in [9.17, 15) is 18.8 Å². The lowest BCUT2D eigenvalue weighted by Crippen LogP contribution is -2.46. The van der Waals surface area contributed by atoms with E-state index in [1.165, 1.54) is 17.0 Å². The number of ether oxygens (including phenoxy) is 1. The Kier molecular flexibility index (Phi) is 8.34. The van der Waals surface area contributed by atoms with Crippen LogP contribution in [0.15, 0.2) is 97.2 Å². The van der Waals surface area contributed by atoms with Crippen LogP contribution in [-0.4, -0.2) is 40.4 Å². The molecule has 8 nitrogen and oxygen atoms in total. The van der Waals surface area contributed by atoms with Gasteiger partial charge in [0.15, 0.2) is 12.1 Å². The molecule has 1 saturated heterocycles. The first-order valence-electron chi connectivity index (χ1n) is 13.2. The Morgan fingerprint density at radius 2 is 1.76 bits per heavy atom. The summed E-state index contributed by atoms with van der Waals surface area (Å²) >= 11 is 0. The van der Waals surface area contributed by atoms with Gasteiger partial charge in [0.05, 0.1) is 6.54 Å². The van der Waals surface area contributed by atoms with E-state index in [2.05, 4.69) is 15.6 Å². The number of cyclic esters (lactones) is 1. The van der Waals surface area contributed by atoms with E-state index in [0.717, 1.165) is 11.3 Å². The van der Waals surface area contributed by atoms with Crippen molar-refractivity contribution < 1.29 is 23.5 Å². The van der Waals surface area contributed by atoms with Crippen molar-refractivity contribution in [3.63, 3.8) is 0 Å². The molecule has 0 aliphatic carbocycles. The highest BCUT2D eigenvalue weighted by atomic mass is 19.1. The molecule has 1 aliphatic rings. The van der Waals surface area contributed by atoms with Crippen LogP contribution in [0.5, 0.6) is 0 Å². The lowest BCUT2D eigenvalue weighted by Gasteiger charge is -2.24. The predicted octanol–water partition coefficient (Wildman–Crippen LogP) is 5.20. The third-order valence-corrected chi connectivity index (χ3v) is 6.81. The van der Waals surface area contributed by atoms with Crippen molar-refractivity contribution in [2.24, 2.45) is 0 Å². The van der Waals surface area contributed by atoms with Gasteiger partial charge < -0.3 is 15.4 Å². The quantitative estimate of drug-likeness (QED) is 0.297.